The van der Waals surface area contributed by atoms with Gasteiger partial charge in [-0.1, -0.05) is 65.3 Å². The van der Waals surface area contributed by atoms with Crippen molar-refractivity contribution in [3.63, 3.8) is 0 Å². The molecule has 1 rings (SSSR count). The summed E-state index contributed by atoms with van der Waals surface area (Å²) in [5, 5.41) is 0. The molecule has 114 valence electrons. The third-order valence-corrected chi connectivity index (χ3v) is 3.72. The van der Waals surface area contributed by atoms with Crippen molar-refractivity contribution < 1.29 is 0 Å². The van der Waals surface area contributed by atoms with Gasteiger partial charge in [-0.05, 0) is 41.7 Å². The molecule has 0 saturated carbocycles. The highest BCUT2D eigenvalue weighted by molar-refractivity contribution is 5.25. The van der Waals surface area contributed by atoms with Gasteiger partial charge < -0.3 is 0 Å². The van der Waals surface area contributed by atoms with Crippen LogP contribution in [0.15, 0.2) is 24.3 Å². The van der Waals surface area contributed by atoms with Gasteiger partial charge in [0.1, 0.15) is 0 Å². The Morgan fingerprint density at radius 2 is 1.75 bits per heavy atom. The van der Waals surface area contributed by atoms with Crippen LogP contribution in [0.25, 0.3) is 0 Å². The van der Waals surface area contributed by atoms with Gasteiger partial charge in [0.05, 0.1) is 0 Å². The summed E-state index contributed by atoms with van der Waals surface area (Å²) >= 11 is 0. The highest BCUT2D eigenvalue weighted by Gasteiger charge is 2.19. The van der Waals surface area contributed by atoms with E-state index in [4.69, 9.17) is 5.84 Å². The number of hydrogen-bond donors (Lipinski definition) is 2. The molecule has 0 aliphatic carbocycles. The van der Waals surface area contributed by atoms with Gasteiger partial charge in [0.2, 0.25) is 0 Å². The Hall–Kier alpha value is -0.860. The van der Waals surface area contributed by atoms with E-state index in [-0.39, 0.29) is 6.04 Å². The molecule has 0 saturated heterocycles. The van der Waals surface area contributed by atoms with Crippen LogP contribution in [0, 0.1) is 11.3 Å². The Morgan fingerprint density at radius 1 is 1.15 bits per heavy atom. The first-order valence-corrected chi connectivity index (χ1v) is 7.90. The second kappa shape index (κ2) is 7.80. The molecule has 0 spiro atoms. The molecular formula is C18H32N2. The fourth-order valence-corrected chi connectivity index (χ4v) is 3.04. The molecule has 1 aromatic rings. The van der Waals surface area contributed by atoms with Crippen LogP contribution in [-0.2, 0) is 6.42 Å². The Bertz CT molecular complexity index is 375. The molecule has 1 aromatic carbocycles. The summed E-state index contributed by atoms with van der Waals surface area (Å²) in [6.07, 6.45) is 4.65. The van der Waals surface area contributed by atoms with E-state index in [1.165, 1.54) is 24.0 Å². The minimum atomic E-state index is 0.253. The van der Waals surface area contributed by atoms with Crippen LogP contribution >= 0.6 is 0 Å². The minimum Gasteiger partial charge on any atom is -0.271 e. The van der Waals surface area contributed by atoms with Crippen molar-refractivity contribution in [1.82, 2.24) is 5.43 Å². The second-order valence-electron chi connectivity index (χ2n) is 7.32. The van der Waals surface area contributed by atoms with Crippen LogP contribution in [-0.4, -0.2) is 0 Å². The van der Waals surface area contributed by atoms with Gasteiger partial charge in [0.25, 0.3) is 0 Å². The van der Waals surface area contributed by atoms with Gasteiger partial charge in [-0.25, -0.2) is 0 Å². The Labute approximate surface area is 125 Å². The molecule has 0 aliphatic rings. The topological polar surface area (TPSA) is 38.0 Å². The second-order valence-corrected chi connectivity index (χ2v) is 7.32. The molecule has 3 N–H and O–H groups in total. The lowest BCUT2D eigenvalue weighted by Crippen LogP contribution is -2.30. The summed E-state index contributed by atoms with van der Waals surface area (Å²) in [5.41, 5.74) is 6.08. The van der Waals surface area contributed by atoms with E-state index in [1.54, 1.807) is 0 Å². The molecule has 2 unspecified atom stereocenters. The van der Waals surface area contributed by atoms with Gasteiger partial charge in [0.15, 0.2) is 0 Å². The fourth-order valence-electron chi connectivity index (χ4n) is 3.04. The average Bonchev–Trinajstić information content (AvgIpc) is 2.35. The molecule has 2 nitrogen and oxygen atoms in total. The van der Waals surface area contributed by atoms with Gasteiger partial charge in [0, 0.05) is 6.04 Å². The molecule has 0 aliphatic heterocycles. The number of aryl methyl sites for hydroxylation is 1. The van der Waals surface area contributed by atoms with Crippen molar-refractivity contribution in [2.75, 3.05) is 0 Å². The van der Waals surface area contributed by atoms with Crippen LogP contribution < -0.4 is 11.3 Å². The number of hydrazine groups is 1. The normalized spacial score (nSPS) is 15.1. The molecular weight excluding hydrogens is 244 g/mol. The molecule has 0 heterocycles. The van der Waals surface area contributed by atoms with Crippen molar-refractivity contribution >= 4 is 0 Å². The summed E-state index contributed by atoms with van der Waals surface area (Å²) in [5.74, 6) is 6.42. The molecule has 20 heavy (non-hydrogen) atoms. The quantitative estimate of drug-likeness (QED) is 0.564. The number of nitrogens with two attached hydrogens (primary N) is 1. The minimum absolute atomic E-state index is 0.253. The van der Waals surface area contributed by atoms with Crippen LogP contribution in [0.4, 0.5) is 0 Å². The lowest BCUT2D eigenvalue weighted by molar-refractivity contribution is 0.276. The third kappa shape index (κ3) is 6.06. The van der Waals surface area contributed by atoms with Gasteiger partial charge in [-0.2, -0.15) is 0 Å². The number of nitrogens with one attached hydrogen (secondary N) is 1. The zero-order valence-electron chi connectivity index (χ0n) is 13.9. The Kier molecular flexibility index (Phi) is 6.70. The predicted molar refractivity (Wildman–Crippen MR) is 88.4 cm³/mol. The monoisotopic (exact) mass is 276 g/mol. The Morgan fingerprint density at radius 3 is 2.20 bits per heavy atom. The highest BCUT2D eigenvalue weighted by atomic mass is 15.2. The third-order valence-electron chi connectivity index (χ3n) is 3.72. The maximum Gasteiger partial charge on any atom is 0.0462 e. The van der Waals surface area contributed by atoms with E-state index in [9.17, 15) is 0 Å². The van der Waals surface area contributed by atoms with E-state index in [1.807, 2.05) is 0 Å². The van der Waals surface area contributed by atoms with Crippen LogP contribution in [0.3, 0.4) is 0 Å². The van der Waals surface area contributed by atoms with Gasteiger partial charge in [-0.15, -0.1) is 0 Å². The lowest BCUT2D eigenvalue weighted by atomic mass is 9.82. The predicted octanol–water partition coefficient (Wildman–Crippen LogP) is 4.61. The van der Waals surface area contributed by atoms with E-state index < -0.39 is 0 Å². The van der Waals surface area contributed by atoms with Gasteiger partial charge in [-0.3, -0.25) is 11.3 Å². The van der Waals surface area contributed by atoms with Crippen LogP contribution in [0.2, 0.25) is 0 Å². The highest BCUT2D eigenvalue weighted by Crippen LogP contribution is 2.30. The van der Waals surface area contributed by atoms with E-state index >= 15 is 0 Å². The summed E-state index contributed by atoms with van der Waals surface area (Å²) in [6.45, 7) is 11.4. The van der Waals surface area contributed by atoms with Crippen molar-refractivity contribution in [3.05, 3.63) is 35.4 Å². The maximum absolute atomic E-state index is 5.76. The zero-order valence-corrected chi connectivity index (χ0v) is 13.9. The summed E-state index contributed by atoms with van der Waals surface area (Å²) in [6, 6.07) is 9.16. The first kappa shape index (κ1) is 17.2. The molecule has 2 atom stereocenters. The maximum atomic E-state index is 5.76. The number of rotatable bonds is 7. The van der Waals surface area contributed by atoms with E-state index in [0.29, 0.717) is 11.3 Å². The molecule has 0 amide bonds. The summed E-state index contributed by atoms with van der Waals surface area (Å²) < 4.78 is 0. The largest absolute Gasteiger partial charge is 0.271 e. The molecule has 0 radical (unpaired) electrons. The van der Waals surface area contributed by atoms with E-state index in [0.717, 1.165) is 12.8 Å². The standard InChI is InChI=1S/C18H32N2/c1-6-7-15-8-10-16(11-9-15)17(20-19)12-14(2)13-18(3,4)5/h8-11,14,17,20H,6-7,12-13,19H2,1-5H3. The van der Waals surface area contributed by atoms with E-state index in [2.05, 4.69) is 64.3 Å². The average molecular weight is 276 g/mol. The van der Waals surface area contributed by atoms with Crippen molar-refractivity contribution in [2.45, 2.75) is 66.3 Å². The number of hydrogen-bond acceptors (Lipinski definition) is 2. The smallest absolute Gasteiger partial charge is 0.0462 e. The summed E-state index contributed by atoms with van der Waals surface area (Å²) in [7, 11) is 0. The summed E-state index contributed by atoms with van der Waals surface area (Å²) in [4.78, 5) is 0. The zero-order chi connectivity index (χ0) is 15.2. The van der Waals surface area contributed by atoms with Crippen LogP contribution in [0.1, 0.15) is 71.0 Å². The van der Waals surface area contributed by atoms with Crippen molar-refractivity contribution in [3.8, 4) is 0 Å². The molecule has 0 bridgehead atoms. The Balaban J connectivity index is 2.65. The number of benzene rings is 1. The molecule has 0 fully saturated rings. The van der Waals surface area contributed by atoms with Crippen molar-refractivity contribution in [2.24, 2.45) is 17.2 Å². The molecule has 2 heteroatoms. The van der Waals surface area contributed by atoms with Crippen LogP contribution in [0.5, 0.6) is 0 Å². The van der Waals surface area contributed by atoms with Gasteiger partial charge >= 0.3 is 0 Å². The SMILES string of the molecule is CCCc1ccc(C(CC(C)CC(C)(C)C)NN)cc1. The van der Waals surface area contributed by atoms with Crippen molar-refractivity contribution in [1.29, 1.82) is 0 Å². The first-order chi connectivity index (χ1) is 9.35. The molecule has 0 aromatic heterocycles. The first-order valence-electron chi connectivity index (χ1n) is 7.90. The fraction of sp³-hybridized carbons (Fsp3) is 0.667. The lowest BCUT2D eigenvalue weighted by Gasteiger charge is -2.26.